The second-order valence-corrected chi connectivity index (χ2v) is 9.00. The third-order valence-electron chi connectivity index (χ3n) is 3.66. The van der Waals surface area contributed by atoms with Crippen LogP contribution in [0.1, 0.15) is 26.3 Å². The molecular formula is C16H26N2O2S. The molecule has 0 bridgehead atoms. The van der Waals surface area contributed by atoms with Gasteiger partial charge in [-0.1, -0.05) is 32.9 Å². The van der Waals surface area contributed by atoms with E-state index in [4.69, 9.17) is 0 Å². The topological polar surface area (TPSA) is 40.6 Å². The van der Waals surface area contributed by atoms with E-state index in [2.05, 4.69) is 25.7 Å². The maximum Gasteiger partial charge on any atom is 0.243 e. The number of piperazine rings is 1. The van der Waals surface area contributed by atoms with Gasteiger partial charge in [0, 0.05) is 32.7 Å². The van der Waals surface area contributed by atoms with Gasteiger partial charge in [0.2, 0.25) is 10.0 Å². The molecule has 0 radical (unpaired) electrons. The molecule has 1 saturated heterocycles. The van der Waals surface area contributed by atoms with Crippen LogP contribution in [0.15, 0.2) is 29.2 Å². The first-order valence-corrected chi connectivity index (χ1v) is 8.92. The molecule has 1 aromatic carbocycles. The average Bonchev–Trinajstić information content (AvgIpc) is 2.37. The molecule has 0 aromatic heterocycles. The normalized spacial score (nSPS) is 18.9. The lowest BCUT2D eigenvalue weighted by atomic mass is 9.96. The predicted octanol–water partition coefficient (Wildman–Crippen LogP) is 2.35. The van der Waals surface area contributed by atoms with Crippen LogP contribution in [-0.2, 0) is 10.0 Å². The summed E-state index contributed by atoms with van der Waals surface area (Å²) in [6.45, 7) is 12.3. The minimum atomic E-state index is -3.34. The van der Waals surface area contributed by atoms with Gasteiger partial charge < -0.3 is 4.90 Å². The number of sulfonamides is 1. The molecule has 1 aliphatic heterocycles. The lowest BCUT2D eigenvalue weighted by molar-refractivity contribution is 0.141. The molecule has 0 unspecified atom stereocenters. The van der Waals surface area contributed by atoms with Crippen molar-refractivity contribution < 1.29 is 8.42 Å². The van der Waals surface area contributed by atoms with Crippen LogP contribution < -0.4 is 0 Å². The van der Waals surface area contributed by atoms with Crippen LogP contribution in [0.5, 0.6) is 0 Å². The molecule has 5 heteroatoms. The van der Waals surface area contributed by atoms with E-state index in [0.29, 0.717) is 18.0 Å². The molecule has 0 saturated carbocycles. The highest BCUT2D eigenvalue weighted by atomic mass is 32.2. The van der Waals surface area contributed by atoms with E-state index in [1.807, 2.05) is 13.0 Å². The van der Waals surface area contributed by atoms with Gasteiger partial charge in [-0.05, 0) is 30.0 Å². The molecular weight excluding hydrogens is 284 g/mol. The predicted molar refractivity (Wildman–Crippen MR) is 85.8 cm³/mol. The Labute approximate surface area is 128 Å². The van der Waals surface area contributed by atoms with Gasteiger partial charge in [0.1, 0.15) is 0 Å². The molecule has 0 aliphatic carbocycles. The van der Waals surface area contributed by atoms with E-state index >= 15 is 0 Å². The van der Waals surface area contributed by atoms with Crippen LogP contribution in [0.25, 0.3) is 0 Å². The van der Waals surface area contributed by atoms with E-state index < -0.39 is 10.0 Å². The van der Waals surface area contributed by atoms with Crippen molar-refractivity contribution in [1.82, 2.24) is 9.21 Å². The summed E-state index contributed by atoms with van der Waals surface area (Å²) in [5.74, 6) is 0. The Balaban J connectivity index is 2.05. The van der Waals surface area contributed by atoms with Gasteiger partial charge in [-0.25, -0.2) is 8.42 Å². The molecule has 0 amide bonds. The van der Waals surface area contributed by atoms with Gasteiger partial charge >= 0.3 is 0 Å². The van der Waals surface area contributed by atoms with Crippen LogP contribution in [0.4, 0.5) is 0 Å². The summed E-state index contributed by atoms with van der Waals surface area (Å²) in [6, 6.07) is 7.15. The molecule has 1 heterocycles. The van der Waals surface area contributed by atoms with E-state index in [9.17, 15) is 8.42 Å². The molecule has 0 spiro atoms. The molecule has 0 N–H and O–H groups in total. The summed E-state index contributed by atoms with van der Waals surface area (Å²) in [5, 5.41) is 0. The Bertz CT molecular complexity index is 583. The summed E-state index contributed by atoms with van der Waals surface area (Å²) in [7, 11) is -3.34. The van der Waals surface area contributed by atoms with Crippen LogP contribution >= 0.6 is 0 Å². The van der Waals surface area contributed by atoms with E-state index in [1.165, 1.54) is 0 Å². The van der Waals surface area contributed by atoms with Gasteiger partial charge in [0.05, 0.1) is 4.90 Å². The summed E-state index contributed by atoms with van der Waals surface area (Å²) in [4.78, 5) is 2.76. The number of nitrogens with zero attached hydrogens (tertiary/aromatic N) is 2. The Morgan fingerprint density at radius 1 is 1.10 bits per heavy atom. The highest BCUT2D eigenvalue weighted by Gasteiger charge is 2.29. The van der Waals surface area contributed by atoms with Gasteiger partial charge in [0.15, 0.2) is 0 Å². The average molecular weight is 310 g/mol. The fourth-order valence-electron chi connectivity index (χ4n) is 2.72. The Kier molecular flexibility index (Phi) is 4.76. The van der Waals surface area contributed by atoms with Crippen LogP contribution in [0.2, 0.25) is 0 Å². The van der Waals surface area contributed by atoms with Crippen molar-refractivity contribution in [2.45, 2.75) is 32.6 Å². The smallest absolute Gasteiger partial charge is 0.243 e. The number of hydrogen-bond acceptors (Lipinski definition) is 3. The number of aryl methyl sites for hydroxylation is 1. The number of hydrogen-bond donors (Lipinski definition) is 0. The first-order chi connectivity index (χ1) is 9.68. The second kappa shape index (κ2) is 6.07. The minimum absolute atomic E-state index is 0.248. The summed E-state index contributed by atoms with van der Waals surface area (Å²) in [5.41, 5.74) is 1.22. The standard InChI is InChI=1S/C16H26N2O2S/c1-14-6-5-7-15(12-14)21(19,20)18-10-8-17(9-11-18)13-16(2,3)4/h5-7,12H,8-11,13H2,1-4H3. The van der Waals surface area contributed by atoms with Gasteiger partial charge in [-0.15, -0.1) is 0 Å². The number of benzene rings is 1. The molecule has 0 atom stereocenters. The summed E-state index contributed by atoms with van der Waals surface area (Å²) >= 11 is 0. The summed E-state index contributed by atoms with van der Waals surface area (Å²) < 4.78 is 26.9. The van der Waals surface area contributed by atoms with Crippen molar-refractivity contribution in [2.75, 3.05) is 32.7 Å². The van der Waals surface area contributed by atoms with Gasteiger partial charge in [0.25, 0.3) is 0 Å². The molecule has 118 valence electrons. The minimum Gasteiger partial charge on any atom is -0.300 e. The monoisotopic (exact) mass is 310 g/mol. The lowest BCUT2D eigenvalue weighted by Gasteiger charge is -2.37. The Hall–Kier alpha value is -0.910. The zero-order valence-electron chi connectivity index (χ0n) is 13.5. The zero-order valence-corrected chi connectivity index (χ0v) is 14.3. The van der Waals surface area contributed by atoms with E-state index in [1.54, 1.807) is 22.5 Å². The first-order valence-electron chi connectivity index (χ1n) is 7.48. The lowest BCUT2D eigenvalue weighted by Crippen LogP contribution is -2.50. The quantitative estimate of drug-likeness (QED) is 0.860. The SMILES string of the molecule is Cc1cccc(S(=O)(=O)N2CCN(CC(C)(C)C)CC2)c1. The van der Waals surface area contributed by atoms with Gasteiger partial charge in [-0.3, -0.25) is 0 Å². The van der Waals surface area contributed by atoms with Crippen molar-refractivity contribution >= 4 is 10.0 Å². The maximum atomic E-state index is 12.6. The highest BCUT2D eigenvalue weighted by Crippen LogP contribution is 2.21. The molecule has 1 fully saturated rings. The molecule has 1 aromatic rings. The van der Waals surface area contributed by atoms with Crippen molar-refractivity contribution in [1.29, 1.82) is 0 Å². The summed E-state index contributed by atoms with van der Waals surface area (Å²) in [6.07, 6.45) is 0. The van der Waals surface area contributed by atoms with E-state index in [0.717, 1.165) is 25.2 Å². The molecule has 2 rings (SSSR count). The fourth-order valence-corrected chi connectivity index (χ4v) is 4.25. The second-order valence-electron chi connectivity index (χ2n) is 7.06. The zero-order chi connectivity index (χ0) is 15.7. The van der Waals surface area contributed by atoms with Crippen molar-refractivity contribution in [3.8, 4) is 0 Å². The largest absolute Gasteiger partial charge is 0.300 e. The third-order valence-corrected chi connectivity index (χ3v) is 5.55. The Morgan fingerprint density at radius 3 is 2.24 bits per heavy atom. The number of rotatable bonds is 3. The Morgan fingerprint density at radius 2 is 1.71 bits per heavy atom. The van der Waals surface area contributed by atoms with Crippen LogP contribution in [0.3, 0.4) is 0 Å². The van der Waals surface area contributed by atoms with Gasteiger partial charge in [-0.2, -0.15) is 4.31 Å². The fraction of sp³-hybridized carbons (Fsp3) is 0.625. The highest BCUT2D eigenvalue weighted by molar-refractivity contribution is 7.89. The third kappa shape index (κ3) is 4.28. The van der Waals surface area contributed by atoms with Crippen molar-refractivity contribution in [3.63, 3.8) is 0 Å². The molecule has 21 heavy (non-hydrogen) atoms. The van der Waals surface area contributed by atoms with E-state index in [-0.39, 0.29) is 5.41 Å². The maximum absolute atomic E-state index is 12.6. The molecule has 1 aliphatic rings. The first kappa shape index (κ1) is 16.5. The molecule has 4 nitrogen and oxygen atoms in total. The van der Waals surface area contributed by atoms with Crippen LogP contribution in [0, 0.1) is 12.3 Å². The van der Waals surface area contributed by atoms with Crippen molar-refractivity contribution in [3.05, 3.63) is 29.8 Å². The van der Waals surface area contributed by atoms with Crippen LogP contribution in [-0.4, -0.2) is 50.3 Å². The van der Waals surface area contributed by atoms with Crippen molar-refractivity contribution in [2.24, 2.45) is 5.41 Å².